The predicted molar refractivity (Wildman–Crippen MR) is 102 cm³/mol. The largest absolute Gasteiger partial charge is 0.478 e. The Morgan fingerprint density at radius 2 is 1.89 bits per heavy atom. The van der Waals surface area contributed by atoms with Crippen molar-refractivity contribution in [3.8, 4) is 11.5 Å². The number of benzene rings is 2. The topological polar surface area (TPSA) is 93.5 Å². The highest BCUT2D eigenvalue weighted by Crippen LogP contribution is 2.31. The fourth-order valence-electron chi connectivity index (χ4n) is 2.54. The number of carboxylic acids is 1. The highest BCUT2D eigenvalue weighted by Gasteiger charge is 2.15. The van der Waals surface area contributed by atoms with Gasteiger partial charge in [-0.25, -0.2) is 9.48 Å². The summed E-state index contributed by atoms with van der Waals surface area (Å²) in [5, 5.41) is 16.1. The first kappa shape index (κ1) is 18.2. The molecule has 0 amide bonds. The van der Waals surface area contributed by atoms with Gasteiger partial charge >= 0.3 is 5.97 Å². The van der Waals surface area contributed by atoms with Crippen molar-refractivity contribution in [1.82, 2.24) is 9.78 Å². The average molecular weight is 365 g/mol. The van der Waals surface area contributed by atoms with E-state index in [1.54, 1.807) is 12.1 Å². The quantitative estimate of drug-likeness (QED) is 0.717. The minimum atomic E-state index is -1.05. The van der Waals surface area contributed by atoms with E-state index in [9.17, 15) is 9.59 Å². The number of anilines is 2. The second-order valence-electron chi connectivity index (χ2n) is 6.12. The van der Waals surface area contributed by atoms with Crippen LogP contribution in [-0.4, -0.2) is 20.9 Å². The second kappa shape index (κ2) is 7.33. The molecule has 0 aliphatic carbocycles. The van der Waals surface area contributed by atoms with Gasteiger partial charge in [0, 0.05) is 12.7 Å². The van der Waals surface area contributed by atoms with E-state index in [4.69, 9.17) is 9.84 Å². The SMILES string of the molecule is Cc1cccc(Oc2cnn(C)c(=O)c2Nc2cccc(C(=O)O)c2)c1C. The molecule has 1 aromatic heterocycles. The van der Waals surface area contributed by atoms with Crippen LogP contribution < -0.4 is 15.6 Å². The van der Waals surface area contributed by atoms with Crippen molar-refractivity contribution in [3.63, 3.8) is 0 Å². The number of carboxylic acid groups (broad SMARTS) is 1. The molecule has 3 aromatic rings. The van der Waals surface area contributed by atoms with Gasteiger partial charge in [0.05, 0.1) is 11.8 Å². The van der Waals surface area contributed by atoms with Crippen LogP contribution in [0.25, 0.3) is 0 Å². The molecule has 138 valence electrons. The molecule has 0 aliphatic heterocycles. The molecule has 0 aliphatic rings. The van der Waals surface area contributed by atoms with Gasteiger partial charge in [0.2, 0.25) is 0 Å². The molecule has 0 saturated carbocycles. The van der Waals surface area contributed by atoms with Crippen molar-refractivity contribution in [2.75, 3.05) is 5.32 Å². The van der Waals surface area contributed by atoms with E-state index < -0.39 is 11.5 Å². The van der Waals surface area contributed by atoms with Crippen LogP contribution in [0.15, 0.2) is 53.5 Å². The maximum absolute atomic E-state index is 12.6. The number of aryl methyl sites for hydroxylation is 2. The molecule has 0 unspecified atom stereocenters. The number of nitrogens with zero attached hydrogens (tertiary/aromatic N) is 2. The summed E-state index contributed by atoms with van der Waals surface area (Å²) in [6, 6.07) is 11.9. The average Bonchev–Trinajstić information content (AvgIpc) is 2.65. The zero-order valence-corrected chi connectivity index (χ0v) is 15.2. The first-order chi connectivity index (χ1) is 12.9. The summed E-state index contributed by atoms with van der Waals surface area (Å²) in [5.41, 5.74) is 2.38. The zero-order chi connectivity index (χ0) is 19.6. The lowest BCUT2D eigenvalue weighted by molar-refractivity contribution is 0.0697. The van der Waals surface area contributed by atoms with E-state index in [0.29, 0.717) is 11.4 Å². The van der Waals surface area contributed by atoms with Crippen LogP contribution in [0.2, 0.25) is 0 Å². The monoisotopic (exact) mass is 365 g/mol. The van der Waals surface area contributed by atoms with Gasteiger partial charge in [-0.1, -0.05) is 18.2 Å². The maximum Gasteiger partial charge on any atom is 0.335 e. The minimum absolute atomic E-state index is 0.114. The molecule has 0 spiro atoms. The Morgan fingerprint density at radius 3 is 2.63 bits per heavy atom. The molecule has 1 heterocycles. The Hall–Kier alpha value is -3.61. The van der Waals surface area contributed by atoms with Crippen molar-refractivity contribution in [2.45, 2.75) is 13.8 Å². The Balaban J connectivity index is 2.03. The van der Waals surface area contributed by atoms with E-state index in [1.807, 2.05) is 32.0 Å². The van der Waals surface area contributed by atoms with Crippen molar-refractivity contribution in [1.29, 1.82) is 0 Å². The first-order valence-corrected chi connectivity index (χ1v) is 8.27. The second-order valence-corrected chi connectivity index (χ2v) is 6.12. The molecule has 0 fully saturated rings. The number of nitrogens with one attached hydrogen (secondary N) is 1. The third-order valence-corrected chi connectivity index (χ3v) is 4.26. The van der Waals surface area contributed by atoms with Crippen LogP contribution in [0, 0.1) is 13.8 Å². The molecule has 0 atom stereocenters. The van der Waals surface area contributed by atoms with Crippen LogP contribution in [0.1, 0.15) is 21.5 Å². The highest BCUT2D eigenvalue weighted by molar-refractivity contribution is 5.89. The molecule has 7 nitrogen and oxygen atoms in total. The molecule has 0 radical (unpaired) electrons. The van der Waals surface area contributed by atoms with Gasteiger partial charge in [0.25, 0.3) is 5.56 Å². The number of aromatic carboxylic acids is 1. The third-order valence-electron chi connectivity index (χ3n) is 4.26. The number of ether oxygens (including phenoxy) is 1. The third kappa shape index (κ3) is 3.82. The van der Waals surface area contributed by atoms with E-state index >= 15 is 0 Å². The zero-order valence-electron chi connectivity index (χ0n) is 15.2. The molecule has 2 N–H and O–H groups in total. The van der Waals surface area contributed by atoms with Gasteiger partial charge in [-0.3, -0.25) is 4.79 Å². The molecule has 2 aromatic carbocycles. The van der Waals surface area contributed by atoms with Crippen LogP contribution in [-0.2, 0) is 7.05 Å². The van der Waals surface area contributed by atoms with Gasteiger partial charge in [0.15, 0.2) is 11.4 Å². The van der Waals surface area contributed by atoms with Gasteiger partial charge in [-0.2, -0.15) is 5.10 Å². The van der Waals surface area contributed by atoms with Gasteiger partial charge < -0.3 is 15.2 Å². The lowest BCUT2D eigenvalue weighted by Gasteiger charge is -2.15. The molecular formula is C20H19N3O4. The lowest BCUT2D eigenvalue weighted by atomic mass is 10.1. The summed E-state index contributed by atoms with van der Waals surface area (Å²) in [4.78, 5) is 23.8. The number of rotatable bonds is 5. The van der Waals surface area contributed by atoms with E-state index in [0.717, 1.165) is 11.1 Å². The summed E-state index contributed by atoms with van der Waals surface area (Å²) < 4.78 is 7.13. The smallest absolute Gasteiger partial charge is 0.335 e. The summed E-state index contributed by atoms with van der Waals surface area (Å²) in [5.74, 6) is -0.173. The number of hydrogen-bond acceptors (Lipinski definition) is 5. The van der Waals surface area contributed by atoms with Crippen molar-refractivity contribution >= 4 is 17.3 Å². The lowest BCUT2D eigenvalue weighted by Crippen LogP contribution is -2.22. The summed E-state index contributed by atoms with van der Waals surface area (Å²) in [6.45, 7) is 3.91. The molecule has 7 heteroatoms. The van der Waals surface area contributed by atoms with Crippen LogP contribution in [0.4, 0.5) is 11.4 Å². The first-order valence-electron chi connectivity index (χ1n) is 8.27. The molecule has 0 saturated heterocycles. The number of hydrogen-bond donors (Lipinski definition) is 2. The normalized spacial score (nSPS) is 10.5. The fraction of sp³-hybridized carbons (Fsp3) is 0.150. The maximum atomic E-state index is 12.6. The summed E-state index contributed by atoms with van der Waals surface area (Å²) >= 11 is 0. The Morgan fingerprint density at radius 1 is 1.15 bits per heavy atom. The van der Waals surface area contributed by atoms with E-state index in [2.05, 4.69) is 10.4 Å². The van der Waals surface area contributed by atoms with Crippen LogP contribution >= 0.6 is 0 Å². The van der Waals surface area contributed by atoms with Gasteiger partial charge in [-0.15, -0.1) is 0 Å². The molecule has 27 heavy (non-hydrogen) atoms. The predicted octanol–water partition coefficient (Wildman–Crippen LogP) is 3.63. The summed E-state index contributed by atoms with van der Waals surface area (Å²) in [6.07, 6.45) is 1.45. The van der Waals surface area contributed by atoms with Crippen LogP contribution in [0.5, 0.6) is 11.5 Å². The van der Waals surface area contributed by atoms with Crippen molar-refractivity contribution < 1.29 is 14.6 Å². The number of carbonyl (C=O) groups is 1. The Bertz CT molecular complexity index is 1070. The minimum Gasteiger partial charge on any atom is -0.478 e. The van der Waals surface area contributed by atoms with Crippen molar-refractivity contribution in [2.24, 2.45) is 7.05 Å². The summed E-state index contributed by atoms with van der Waals surface area (Å²) in [7, 11) is 1.53. The Labute approximate surface area is 155 Å². The van der Waals surface area contributed by atoms with E-state index in [-0.39, 0.29) is 17.0 Å². The molecule has 3 rings (SSSR count). The highest BCUT2D eigenvalue weighted by atomic mass is 16.5. The number of aromatic nitrogens is 2. The Kier molecular flexibility index (Phi) is 4.94. The molecule has 0 bridgehead atoms. The van der Waals surface area contributed by atoms with Crippen LogP contribution in [0.3, 0.4) is 0 Å². The molecular weight excluding hydrogens is 346 g/mol. The van der Waals surface area contributed by atoms with Gasteiger partial charge in [-0.05, 0) is 49.2 Å². The standard InChI is InChI=1S/C20H19N3O4/c1-12-6-4-9-16(13(12)2)27-17-11-21-23(3)19(24)18(17)22-15-8-5-7-14(10-15)20(25)26/h4-11,22H,1-3H3,(H,25,26). The fourth-order valence-corrected chi connectivity index (χ4v) is 2.54. The van der Waals surface area contributed by atoms with E-state index in [1.165, 1.54) is 30.1 Å². The van der Waals surface area contributed by atoms with Gasteiger partial charge in [0.1, 0.15) is 5.75 Å². The van der Waals surface area contributed by atoms with Crippen molar-refractivity contribution in [3.05, 3.63) is 75.7 Å².